The number of nitrogens with one attached hydrogen (secondary N) is 2. The fourth-order valence-corrected chi connectivity index (χ4v) is 3.19. The lowest BCUT2D eigenvalue weighted by atomic mass is 9.78. The topological polar surface area (TPSA) is 95.5 Å². The summed E-state index contributed by atoms with van der Waals surface area (Å²) in [6.45, 7) is 3.96. The second kappa shape index (κ2) is 8.65. The zero-order chi connectivity index (χ0) is 18.4. The molecule has 1 saturated carbocycles. The fraction of sp³-hybridized carbons (Fsp3) is 0.526. The van der Waals surface area contributed by atoms with Crippen molar-refractivity contribution in [2.75, 3.05) is 10.6 Å². The average Bonchev–Trinajstić information content (AvgIpc) is 2.55. The van der Waals surface area contributed by atoms with E-state index >= 15 is 0 Å². The summed E-state index contributed by atoms with van der Waals surface area (Å²) < 4.78 is 0. The number of aliphatic carboxylic acids is 1. The predicted octanol–water partition coefficient (Wildman–Crippen LogP) is 3.50. The molecule has 0 radical (unpaired) electrons. The maximum atomic E-state index is 12.4. The quantitative estimate of drug-likeness (QED) is 0.734. The highest BCUT2D eigenvalue weighted by Crippen LogP contribution is 2.31. The Bertz CT molecular complexity index is 625. The van der Waals surface area contributed by atoms with Crippen molar-refractivity contribution < 1.29 is 19.5 Å². The second-order valence-electron chi connectivity index (χ2n) is 7.05. The van der Waals surface area contributed by atoms with Gasteiger partial charge in [0, 0.05) is 17.8 Å². The number of anilines is 2. The van der Waals surface area contributed by atoms with Crippen LogP contribution in [-0.4, -0.2) is 22.9 Å². The lowest BCUT2D eigenvalue weighted by Crippen LogP contribution is -2.36. The van der Waals surface area contributed by atoms with Gasteiger partial charge >= 0.3 is 5.97 Å². The highest BCUT2D eigenvalue weighted by molar-refractivity contribution is 5.96. The van der Waals surface area contributed by atoms with Crippen molar-refractivity contribution in [3.8, 4) is 0 Å². The van der Waals surface area contributed by atoms with Crippen LogP contribution in [0.4, 0.5) is 11.4 Å². The van der Waals surface area contributed by atoms with Crippen LogP contribution in [0.1, 0.15) is 46.0 Å². The Hall–Kier alpha value is -2.37. The highest BCUT2D eigenvalue weighted by Gasteiger charge is 2.35. The number of carbonyl (C=O) groups is 3. The third-order valence-electron chi connectivity index (χ3n) is 4.45. The van der Waals surface area contributed by atoms with E-state index in [1.807, 2.05) is 13.8 Å². The van der Waals surface area contributed by atoms with E-state index in [0.29, 0.717) is 30.6 Å². The van der Waals surface area contributed by atoms with Gasteiger partial charge in [-0.3, -0.25) is 14.4 Å². The summed E-state index contributed by atoms with van der Waals surface area (Å²) in [5, 5.41) is 14.9. The summed E-state index contributed by atoms with van der Waals surface area (Å²) in [5.41, 5.74) is 1.27. The van der Waals surface area contributed by atoms with E-state index in [9.17, 15) is 19.5 Å². The first-order valence-corrected chi connectivity index (χ1v) is 8.80. The highest BCUT2D eigenvalue weighted by atomic mass is 16.4. The standard InChI is InChI=1S/C19H26N2O4/c1-12(2)11-17(22)20-13-7-9-14(10-8-13)21-18(23)15-5-3-4-6-16(15)19(24)25/h7-10,12,15-16H,3-6,11H2,1-2H3,(H,20,22)(H,21,23)(H,24,25)/t15-,16-/m1/s1. The van der Waals surface area contributed by atoms with Gasteiger partial charge in [-0.2, -0.15) is 0 Å². The molecule has 1 fully saturated rings. The van der Waals surface area contributed by atoms with E-state index in [0.717, 1.165) is 12.8 Å². The number of rotatable bonds is 6. The van der Waals surface area contributed by atoms with Crippen LogP contribution < -0.4 is 10.6 Å². The van der Waals surface area contributed by atoms with Crippen LogP contribution in [0.5, 0.6) is 0 Å². The summed E-state index contributed by atoms with van der Waals surface area (Å²) >= 11 is 0. The van der Waals surface area contributed by atoms with Gasteiger partial charge in [-0.05, 0) is 43.0 Å². The Morgan fingerprint density at radius 1 is 1.00 bits per heavy atom. The molecule has 6 heteroatoms. The SMILES string of the molecule is CC(C)CC(=O)Nc1ccc(NC(=O)[C@@H]2CCCC[C@H]2C(=O)O)cc1. The van der Waals surface area contributed by atoms with Gasteiger partial charge in [0.15, 0.2) is 0 Å². The van der Waals surface area contributed by atoms with Crippen LogP contribution in [0.15, 0.2) is 24.3 Å². The van der Waals surface area contributed by atoms with E-state index in [4.69, 9.17) is 0 Å². The molecule has 0 aromatic heterocycles. The van der Waals surface area contributed by atoms with Crippen molar-refractivity contribution in [1.82, 2.24) is 0 Å². The molecule has 136 valence electrons. The Morgan fingerprint density at radius 3 is 2.04 bits per heavy atom. The molecule has 1 aromatic carbocycles. The van der Waals surface area contributed by atoms with E-state index in [-0.39, 0.29) is 17.7 Å². The third-order valence-corrected chi connectivity index (χ3v) is 4.45. The van der Waals surface area contributed by atoms with E-state index < -0.39 is 17.8 Å². The molecule has 1 aliphatic carbocycles. The molecule has 2 rings (SSSR count). The minimum Gasteiger partial charge on any atom is -0.481 e. The second-order valence-corrected chi connectivity index (χ2v) is 7.05. The molecule has 2 atom stereocenters. The smallest absolute Gasteiger partial charge is 0.307 e. The minimum atomic E-state index is -0.900. The Balaban J connectivity index is 1.95. The molecule has 0 saturated heterocycles. The largest absolute Gasteiger partial charge is 0.481 e. The van der Waals surface area contributed by atoms with Crippen molar-refractivity contribution in [1.29, 1.82) is 0 Å². The van der Waals surface area contributed by atoms with Crippen LogP contribution >= 0.6 is 0 Å². The fourth-order valence-electron chi connectivity index (χ4n) is 3.19. The summed E-state index contributed by atoms with van der Waals surface area (Å²) in [4.78, 5) is 35.5. The lowest BCUT2D eigenvalue weighted by Gasteiger charge is -2.27. The number of hydrogen-bond acceptors (Lipinski definition) is 3. The van der Waals surface area contributed by atoms with Crippen LogP contribution in [0.3, 0.4) is 0 Å². The summed E-state index contributed by atoms with van der Waals surface area (Å²) in [7, 11) is 0. The molecule has 0 aliphatic heterocycles. The van der Waals surface area contributed by atoms with Crippen molar-refractivity contribution in [3.63, 3.8) is 0 Å². The molecular weight excluding hydrogens is 320 g/mol. The number of benzene rings is 1. The third kappa shape index (κ3) is 5.59. The van der Waals surface area contributed by atoms with Crippen LogP contribution in [0, 0.1) is 17.8 Å². The van der Waals surface area contributed by atoms with Gasteiger partial charge in [-0.1, -0.05) is 26.7 Å². The first-order chi connectivity index (χ1) is 11.9. The molecule has 3 N–H and O–H groups in total. The minimum absolute atomic E-state index is 0.0432. The Kier molecular flexibility index (Phi) is 6.56. The number of hydrogen-bond donors (Lipinski definition) is 3. The molecule has 0 unspecified atom stereocenters. The average molecular weight is 346 g/mol. The molecule has 0 bridgehead atoms. The summed E-state index contributed by atoms with van der Waals surface area (Å²) in [5.74, 6) is -2.00. The van der Waals surface area contributed by atoms with E-state index in [2.05, 4.69) is 10.6 Å². The van der Waals surface area contributed by atoms with Crippen molar-refractivity contribution in [3.05, 3.63) is 24.3 Å². The van der Waals surface area contributed by atoms with Gasteiger partial charge < -0.3 is 15.7 Å². The monoisotopic (exact) mass is 346 g/mol. The molecule has 1 aromatic rings. The molecular formula is C19H26N2O4. The summed E-state index contributed by atoms with van der Waals surface area (Å²) in [6, 6.07) is 6.87. The van der Waals surface area contributed by atoms with Crippen molar-refractivity contribution in [2.24, 2.45) is 17.8 Å². The maximum Gasteiger partial charge on any atom is 0.307 e. The number of carbonyl (C=O) groups excluding carboxylic acids is 2. The molecule has 0 spiro atoms. The van der Waals surface area contributed by atoms with Crippen LogP contribution in [-0.2, 0) is 14.4 Å². The first-order valence-electron chi connectivity index (χ1n) is 8.80. The first kappa shape index (κ1) is 19.0. The molecule has 6 nitrogen and oxygen atoms in total. The van der Waals surface area contributed by atoms with Gasteiger partial charge in [-0.15, -0.1) is 0 Å². The van der Waals surface area contributed by atoms with Gasteiger partial charge in [0.2, 0.25) is 11.8 Å². The van der Waals surface area contributed by atoms with Gasteiger partial charge in [-0.25, -0.2) is 0 Å². The zero-order valence-corrected chi connectivity index (χ0v) is 14.7. The molecule has 25 heavy (non-hydrogen) atoms. The van der Waals surface area contributed by atoms with E-state index in [1.54, 1.807) is 24.3 Å². The normalized spacial score (nSPS) is 20.1. The number of carboxylic acid groups (broad SMARTS) is 1. The lowest BCUT2D eigenvalue weighted by molar-refractivity contribution is -0.147. The van der Waals surface area contributed by atoms with Gasteiger partial charge in [0.25, 0.3) is 0 Å². The van der Waals surface area contributed by atoms with Gasteiger partial charge in [0.1, 0.15) is 0 Å². The zero-order valence-electron chi connectivity index (χ0n) is 14.7. The van der Waals surface area contributed by atoms with E-state index in [1.165, 1.54) is 0 Å². The molecule has 2 amide bonds. The Labute approximate surface area is 148 Å². The molecule has 1 aliphatic rings. The summed E-state index contributed by atoms with van der Waals surface area (Å²) in [6.07, 6.45) is 3.34. The Morgan fingerprint density at radius 2 is 1.52 bits per heavy atom. The molecule has 0 heterocycles. The van der Waals surface area contributed by atoms with Crippen molar-refractivity contribution in [2.45, 2.75) is 46.0 Å². The van der Waals surface area contributed by atoms with Gasteiger partial charge in [0.05, 0.1) is 11.8 Å². The van der Waals surface area contributed by atoms with Crippen LogP contribution in [0.25, 0.3) is 0 Å². The number of carboxylic acids is 1. The maximum absolute atomic E-state index is 12.4. The predicted molar refractivity (Wildman–Crippen MR) is 96.2 cm³/mol. The number of amides is 2. The van der Waals surface area contributed by atoms with Crippen molar-refractivity contribution >= 4 is 29.2 Å². The van der Waals surface area contributed by atoms with Crippen LogP contribution in [0.2, 0.25) is 0 Å².